The highest BCUT2D eigenvalue weighted by atomic mass is 31.2. The monoisotopic (exact) mass is 1160 g/mol. The summed E-state index contributed by atoms with van der Waals surface area (Å²) in [6.45, 7) is 3.77. The zero-order chi connectivity index (χ0) is 58.7. The number of carbonyl (C=O) groups is 2. The van der Waals surface area contributed by atoms with Crippen molar-refractivity contribution < 1.29 is 37.6 Å². The highest BCUT2D eigenvalue weighted by Crippen LogP contribution is 2.43. The Bertz CT molecular complexity index is 1510. The molecule has 0 aromatic heterocycles. The van der Waals surface area contributed by atoms with Gasteiger partial charge in [-0.15, -0.1) is 0 Å². The van der Waals surface area contributed by atoms with Gasteiger partial charge >= 0.3 is 19.8 Å². The lowest BCUT2D eigenvalue weighted by Crippen LogP contribution is -2.29. The van der Waals surface area contributed by atoms with Crippen LogP contribution in [0.3, 0.4) is 0 Å². The first-order valence-electron chi connectivity index (χ1n) is 34.8. The fraction of sp³-hybridized carbons (Fsp3) is 0.831. The molecule has 81 heavy (non-hydrogen) atoms. The van der Waals surface area contributed by atoms with E-state index in [2.05, 4.69) is 74.6 Å². The molecule has 0 fully saturated rings. The summed E-state index contributed by atoms with van der Waals surface area (Å²) in [5, 5.41) is 0. The number of phosphoric ester groups is 1. The highest BCUT2D eigenvalue weighted by Gasteiger charge is 2.26. The number of hydrogen-bond donors (Lipinski definition) is 2. The summed E-state index contributed by atoms with van der Waals surface area (Å²) in [6, 6.07) is 0. The summed E-state index contributed by atoms with van der Waals surface area (Å²) in [5.74, 6) is -0.817. The van der Waals surface area contributed by atoms with Crippen molar-refractivity contribution in [1.82, 2.24) is 0 Å². The van der Waals surface area contributed by atoms with Gasteiger partial charge in [-0.1, -0.05) is 312 Å². The van der Waals surface area contributed by atoms with Gasteiger partial charge in [0.15, 0.2) is 6.10 Å². The zero-order valence-corrected chi connectivity index (χ0v) is 54.2. The second-order valence-electron chi connectivity index (χ2n) is 23.4. The molecule has 0 amide bonds. The molecule has 0 saturated heterocycles. The predicted molar refractivity (Wildman–Crippen MR) is 349 cm³/mol. The summed E-state index contributed by atoms with van der Waals surface area (Å²) >= 11 is 0. The largest absolute Gasteiger partial charge is 0.472 e. The molecule has 474 valence electrons. The summed E-state index contributed by atoms with van der Waals surface area (Å²) in [7, 11) is -4.39. The van der Waals surface area contributed by atoms with Crippen molar-refractivity contribution in [1.29, 1.82) is 0 Å². The van der Waals surface area contributed by atoms with Crippen molar-refractivity contribution in [2.24, 2.45) is 5.73 Å². The summed E-state index contributed by atoms with van der Waals surface area (Å²) in [6.07, 6.45) is 86.1. The Balaban J connectivity index is 3.80. The third kappa shape index (κ3) is 66.7. The lowest BCUT2D eigenvalue weighted by Gasteiger charge is -2.19. The SMILES string of the molecule is CCCCCCC/C=C\C/C=C\C/C=C\CCCCCCCCCCCCCCCCCCCCCCCCCCC(=O)OC(COC(=O)CCCCCCCCCCC/C=C\C/C=C\CCCCCCC)COP(=O)(O)OCCN. The number of allylic oxidation sites excluding steroid dienone is 10. The van der Waals surface area contributed by atoms with Crippen LogP contribution in [0.15, 0.2) is 60.8 Å². The quantitative estimate of drug-likeness (QED) is 0.0264. The lowest BCUT2D eigenvalue weighted by molar-refractivity contribution is -0.161. The molecule has 0 radical (unpaired) electrons. The molecule has 0 bridgehead atoms. The number of phosphoric acid groups is 1. The molecular weight excluding hydrogens is 1030 g/mol. The van der Waals surface area contributed by atoms with Gasteiger partial charge in [0.1, 0.15) is 6.61 Å². The van der Waals surface area contributed by atoms with Gasteiger partial charge < -0.3 is 20.1 Å². The molecule has 2 unspecified atom stereocenters. The van der Waals surface area contributed by atoms with Crippen molar-refractivity contribution in [3.8, 4) is 0 Å². The number of unbranched alkanes of at least 4 members (excludes halogenated alkanes) is 43. The minimum Gasteiger partial charge on any atom is -0.462 e. The fourth-order valence-corrected chi connectivity index (χ4v) is 11.0. The zero-order valence-electron chi connectivity index (χ0n) is 53.3. The number of esters is 2. The van der Waals surface area contributed by atoms with Gasteiger partial charge in [0.25, 0.3) is 0 Å². The topological polar surface area (TPSA) is 134 Å². The van der Waals surface area contributed by atoms with E-state index < -0.39 is 26.5 Å². The Morgan fingerprint density at radius 1 is 0.370 bits per heavy atom. The molecule has 9 nitrogen and oxygen atoms in total. The third-order valence-electron chi connectivity index (χ3n) is 15.4. The van der Waals surface area contributed by atoms with Gasteiger partial charge in [-0.05, 0) is 83.5 Å². The second-order valence-corrected chi connectivity index (χ2v) is 24.8. The molecule has 10 heteroatoms. The van der Waals surface area contributed by atoms with Gasteiger partial charge in [0, 0.05) is 19.4 Å². The van der Waals surface area contributed by atoms with Crippen molar-refractivity contribution >= 4 is 19.8 Å². The van der Waals surface area contributed by atoms with E-state index in [1.54, 1.807) is 0 Å². The van der Waals surface area contributed by atoms with E-state index in [-0.39, 0.29) is 38.6 Å². The van der Waals surface area contributed by atoms with Crippen LogP contribution in [-0.2, 0) is 32.7 Å². The van der Waals surface area contributed by atoms with Gasteiger partial charge in [-0.3, -0.25) is 18.6 Å². The standard InChI is InChI=1S/C71H132NO8P/c1-3-5-7-9-11-13-15-17-19-21-23-25-26-27-28-29-30-31-32-33-34-35-36-37-38-39-40-41-42-44-46-48-50-52-54-56-58-60-62-64-71(74)80-69(68-79-81(75,76)78-66-65-72)67-77-70(73)63-61-59-57-55-53-51-49-47-45-43-24-22-20-18-16-14-12-10-8-6-4-2/h15-18,21-24,26-27,69H,3-14,19-20,25,28-68,72H2,1-2H3,(H,75,76)/b17-15-,18-16-,23-21-,24-22-,27-26-. The predicted octanol–water partition coefficient (Wildman–Crippen LogP) is 22.6. The van der Waals surface area contributed by atoms with Crippen LogP contribution < -0.4 is 5.73 Å². The van der Waals surface area contributed by atoms with E-state index in [4.69, 9.17) is 24.3 Å². The van der Waals surface area contributed by atoms with Crippen molar-refractivity contribution in [2.45, 2.75) is 354 Å². The maximum atomic E-state index is 12.8. The number of nitrogens with two attached hydrogens (primary N) is 1. The number of carbonyl (C=O) groups excluding carboxylic acids is 2. The van der Waals surface area contributed by atoms with Crippen LogP contribution >= 0.6 is 7.82 Å². The molecule has 0 rings (SSSR count). The van der Waals surface area contributed by atoms with Crippen LogP contribution in [0, 0.1) is 0 Å². The van der Waals surface area contributed by atoms with Crippen molar-refractivity contribution in [3.63, 3.8) is 0 Å². The van der Waals surface area contributed by atoms with Gasteiger partial charge in [0.2, 0.25) is 0 Å². The molecule has 0 heterocycles. The first-order chi connectivity index (χ1) is 39.8. The average molecular weight is 1160 g/mol. The minimum atomic E-state index is -4.39. The first kappa shape index (κ1) is 78.7. The Morgan fingerprint density at radius 2 is 0.642 bits per heavy atom. The maximum absolute atomic E-state index is 12.8. The molecule has 3 N–H and O–H groups in total. The highest BCUT2D eigenvalue weighted by molar-refractivity contribution is 7.47. The van der Waals surface area contributed by atoms with Crippen molar-refractivity contribution in [3.05, 3.63) is 60.8 Å². The van der Waals surface area contributed by atoms with E-state index in [9.17, 15) is 19.0 Å². The normalized spacial score (nSPS) is 13.3. The number of ether oxygens (including phenoxy) is 2. The van der Waals surface area contributed by atoms with Crippen molar-refractivity contribution in [2.75, 3.05) is 26.4 Å². The number of hydrogen-bond acceptors (Lipinski definition) is 8. The third-order valence-corrected chi connectivity index (χ3v) is 16.4. The van der Waals surface area contributed by atoms with Crippen LogP contribution in [0.5, 0.6) is 0 Å². The molecule has 0 aliphatic heterocycles. The molecule has 0 saturated carbocycles. The molecular formula is C71H132NO8P. The Kier molecular flexibility index (Phi) is 65.0. The molecule has 0 aromatic carbocycles. The first-order valence-corrected chi connectivity index (χ1v) is 36.3. The van der Waals surface area contributed by atoms with Crippen LogP contribution in [0.25, 0.3) is 0 Å². The molecule has 0 aliphatic carbocycles. The minimum absolute atomic E-state index is 0.0533. The Morgan fingerprint density at radius 3 is 0.951 bits per heavy atom. The summed E-state index contributed by atoms with van der Waals surface area (Å²) in [4.78, 5) is 35.3. The van der Waals surface area contributed by atoms with Gasteiger partial charge in [-0.2, -0.15) is 0 Å². The summed E-state index contributed by atoms with van der Waals surface area (Å²) in [5.41, 5.74) is 5.40. The molecule has 0 aromatic rings. The fourth-order valence-electron chi connectivity index (χ4n) is 10.2. The van der Waals surface area contributed by atoms with E-state index in [0.717, 1.165) is 51.4 Å². The van der Waals surface area contributed by atoms with E-state index in [1.807, 2.05) is 0 Å². The molecule has 2 atom stereocenters. The Hall–Kier alpha value is -2.29. The lowest BCUT2D eigenvalue weighted by atomic mass is 10.0. The number of rotatable bonds is 66. The van der Waals surface area contributed by atoms with Crippen LogP contribution in [0.2, 0.25) is 0 Å². The maximum Gasteiger partial charge on any atom is 0.472 e. The van der Waals surface area contributed by atoms with E-state index >= 15 is 0 Å². The van der Waals surface area contributed by atoms with E-state index in [1.165, 1.54) is 263 Å². The second kappa shape index (κ2) is 66.8. The van der Waals surface area contributed by atoms with Crippen LogP contribution in [0.1, 0.15) is 348 Å². The van der Waals surface area contributed by atoms with Gasteiger partial charge in [0.05, 0.1) is 13.2 Å². The van der Waals surface area contributed by atoms with Crippen LogP contribution in [0.4, 0.5) is 0 Å². The Labute approximate surface area is 501 Å². The molecule has 0 spiro atoms. The smallest absolute Gasteiger partial charge is 0.462 e. The van der Waals surface area contributed by atoms with E-state index in [0.29, 0.717) is 6.42 Å². The van der Waals surface area contributed by atoms with Crippen LogP contribution in [-0.4, -0.2) is 49.3 Å². The van der Waals surface area contributed by atoms with Gasteiger partial charge in [-0.25, -0.2) is 4.57 Å². The molecule has 0 aliphatic rings. The average Bonchev–Trinajstić information content (AvgIpc) is 3.46. The summed E-state index contributed by atoms with van der Waals surface area (Å²) < 4.78 is 33.1.